The minimum atomic E-state index is -2.09. The van der Waals surface area contributed by atoms with Crippen molar-refractivity contribution in [1.29, 1.82) is 0 Å². The summed E-state index contributed by atoms with van der Waals surface area (Å²) in [6.07, 6.45) is -3.35. The standard InChI is InChI=1S/C29H38O10/c1-16-22(39-20(32)10-9-17-7-5-4-6-8-17)24(34)27(3)23(21(33)18(31)13-29(27,36)15-30)26(16,2)19-14-28(35)11-12-37-25(28)38-19/h4-10,16,18-19,22-25,30-31,34-36H,11-15H2,1-3H3/b10-9+/t16-,18+,19+,22-,23-,24+,25+,26-,27+,28-,29+/m1/s1. The molecule has 2 heterocycles. The Labute approximate surface area is 227 Å². The van der Waals surface area contributed by atoms with Gasteiger partial charge < -0.3 is 39.7 Å². The van der Waals surface area contributed by atoms with Crippen LogP contribution in [0.2, 0.25) is 0 Å². The molecule has 0 unspecified atom stereocenters. The topological polar surface area (TPSA) is 163 Å². The summed E-state index contributed by atoms with van der Waals surface area (Å²) < 4.78 is 17.6. The van der Waals surface area contributed by atoms with E-state index in [1.165, 1.54) is 13.0 Å². The normalized spacial score (nSPS) is 47.7. The van der Waals surface area contributed by atoms with Crippen LogP contribution in [0.25, 0.3) is 6.08 Å². The van der Waals surface area contributed by atoms with Crippen LogP contribution in [0.15, 0.2) is 36.4 Å². The smallest absolute Gasteiger partial charge is 0.331 e. The lowest BCUT2D eigenvalue weighted by atomic mass is 9.40. The second kappa shape index (κ2) is 9.73. The molecule has 2 saturated carbocycles. The van der Waals surface area contributed by atoms with Gasteiger partial charge >= 0.3 is 5.97 Å². The molecule has 2 saturated heterocycles. The predicted octanol–water partition coefficient (Wildman–Crippen LogP) is 0.575. The Balaban J connectivity index is 1.56. The molecule has 10 heteroatoms. The number of ether oxygens (including phenoxy) is 3. The van der Waals surface area contributed by atoms with E-state index in [2.05, 4.69) is 0 Å². The highest BCUT2D eigenvalue weighted by molar-refractivity contribution is 5.89. The molecule has 214 valence electrons. The minimum absolute atomic E-state index is 0.108. The molecule has 10 nitrogen and oxygen atoms in total. The fourth-order valence-corrected chi connectivity index (χ4v) is 7.67. The summed E-state index contributed by atoms with van der Waals surface area (Å²) in [5.41, 5.74) is -5.60. The maximum atomic E-state index is 13.7. The highest BCUT2D eigenvalue weighted by Gasteiger charge is 2.75. The zero-order valence-corrected chi connectivity index (χ0v) is 22.4. The van der Waals surface area contributed by atoms with Crippen molar-refractivity contribution in [1.82, 2.24) is 0 Å². The van der Waals surface area contributed by atoms with Gasteiger partial charge in [0, 0.05) is 48.0 Å². The molecule has 4 fully saturated rings. The number of aliphatic hydroxyl groups excluding tert-OH is 3. The third kappa shape index (κ3) is 4.11. The Kier molecular flexibility index (Phi) is 7.07. The maximum Gasteiger partial charge on any atom is 0.331 e. The van der Waals surface area contributed by atoms with Crippen molar-refractivity contribution in [3.05, 3.63) is 42.0 Å². The number of ketones is 1. The average Bonchev–Trinajstić information content (AvgIpc) is 3.43. The Morgan fingerprint density at radius 1 is 1.15 bits per heavy atom. The van der Waals surface area contributed by atoms with Gasteiger partial charge in [0.25, 0.3) is 0 Å². The van der Waals surface area contributed by atoms with Crippen molar-refractivity contribution in [2.24, 2.45) is 22.7 Å². The van der Waals surface area contributed by atoms with Gasteiger partial charge in [-0.2, -0.15) is 0 Å². The van der Waals surface area contributed by atoms with E-state index < -0.39 is 89.4 Å². The van der Waals surface area contributed by atoms with Gasteiger partial charge in [-0.3, -0.25) is 4.79 Å². The zero-order valence-electron chi connectivity index (χ0n) is 22.4. The lowest BCUT2D eigenvalue weighted by molar-refractivity contribution is -0.301. The molecule has 4 aliphatic rings. The maximum absolute atomic E-state index is 13.7. The van der Waals surface area contributed by atoms with Crippen molar-refractivity contribution in [2.75, 3.05) is 13.2 Å². The Bertz CT molecular complexity index is 1140. The van der Waals surface area contributed by atoms with Gasteiger partial charge in [-0.1, -0.05) is 51.1 Å². The van der Waals surface area contributed by atoms with Crippen molar-refractivity contribution >= 4 is 17.8 Å². The number of rotatable bonds is 5. The van der Waals surface area contributed by atoms with Crippen LogP contribution >= 0.6 is 0 Å². The molecule has 0 amide bonds. The summed E-state index contributed by atoms with van der Waals surface area (Å²) in [5, 5.41) is 55.7. The lowest BCUT2D eigenvalue weighted by Crippen LogP contribution is -2.77. The van der Waals surface area contributed by atoms with Crippen LogP contribution in [0.3, 0.4) is 0 Å². The first kappa shape index (κ1) is 28.4. The van der Waals surface area contributed by atoms with E-state index in [1.54, 1.807) is 19.9 Å². The molecule has 5 rings (SSSR count). The van der Waals surface area contributed by atoms with E-state index >= 15 is 0 Å². The third-order valence-corrected chi connectivity index (χ3v) is 10.3. The molecule has 5 N–H and O–H groups in total. The fourth-order valence-electron chi connectivity index (χ4n) is 7.67. The lowest BCUT2D eigenvalue weighted by Gasteiger charge is -2.66. The molecule has 1 aromatic rings. The fraction of sp³-hybridized carbons (Fsp3) is 0.655. The van der Waals surface area contributed by atoms with Gasteiger partial charge in [-0.05, 0) is 11.6 Å². The summed E-state index contributed by atoms with van der Waals surface area (Å²) >= 11 is 0. The van der Waals surface area contributed by atoms with Crippen LogP contribution < -0.4 is 0 Å². The quantitative estimate of drug-likeness (QED) is 0.261. The first-order chi connectivity index (χ1) is 18.3. The molecular weight excluding hydrogens is 508 g/mol. The highest BCUT2D eigenvalue weighted by atomic mass is 16.7. The van der Waals surface area contributed by atoms with Crippen LogP contribution in [0.4, 0.5) is 0 Å². The van der Waals surface area contributed by atoms with Crippen LogP contribution in [0.5, 0.6) is 0 Å². The first-order valence-corrected chi connectivity index (χ1v) is 13.5. The molecule has 0 aromatic heterocycles. The van der Waals surface area contributed by atoms with Crippen molar-refractivity contribution in [2.45, 2.75) is 81.9 Å². The molecule has 2 aliphatic heterocycles. The number of aliphatic hydroxyl groups is 5. The molecule has 1 aromatic carbocycles. The van der Waals surface area contributed by atoms with Gasteiger partial charge in [-0.25, -0.2) is 4.79 Å². The Morgan fingerprint density at radius 3 is 2.49 bits per heavy atom. The summed E-state index contributed by atoms with van der Waals surface area (Å²) in [6, 6.07) is 9.11. The number of Topliss-reactive ketones (excluding diaryl/α,β-unsaturated/α-hetero) is 1. The predicted molar refractivity (Wildman–Crippen MR) is 137 cm³/mol. The third-order valence-electron chi connectivity index (χ3n) is 10.3. The van der Waals surface area contributed by atoms with Gasteiger partial charge in [0.05, 0.1) is 24.9 Å². The number of esters is 1. The average molecular weight is 547 g/mol. The van der Waals surface area contributed by atoms with Gasteiger partial charge in [0.2, 0.25) is 0 Å². The second-order valence-electron chi connectivity index (χ2n) is 12.2. The Hall–Kier alpha value is -2.18. The number of hydrogen-bond donors (Lipinski definition) is 5. The van der Waals surface area contributed by atoms with Crippen molar-refractivity contribution in [3.8, 4) is 0 Å². The van der Waals surface area contributed by atoms with Crippen molar-refractivity contribution < 1.29 is 49.3 Å². The Morgan fingerprint density at radius 2 is 1.85 bits per heavy atom. The zero-order chi connectivity index (χ0) is 28.4. The van der Waals surface area contributed by atoms with Crippen LogP contribution in [-0.4, -0.2) is 92.4 Å². The van der Waals surface area contributed by atoms with Gasteiger partial charge in [-0.15, -0.1) is 0 Å². The number of fused-ring (bicyclic) bond motifs is 2. The SMILES string of the molecule is C[C@@H]1[C@@H](OC(=O)/C=C/c2ccccc2)[C@H](O)[C@]2(C)[C@H](C(=O)[C@@H](O)C[C@]2(O)CO)[C@@]1(C)[C@@H]1C[C@]2(O)CCO[C@H]2O1. The molecule has 0 spiro atoms. The van der Waals surface area contributed by atoms with Crippen LogP contribution in [0, 0.1) is 22.7 Å². The van der Waals surface area contributed by atoms with Crippen molar-refractivity contribution in [3.63, 3.8) is 0 Å². The van der Waals surface area contributed by atoms with Crippen LogP contribution in [0.1, 0.15) is 45.6 Å². The molecule has 2 aliphatic carbocycles. The number of carbonyl (C=O) groups excluding carboxylic acids is 2. The van der Waals surface area contributed by atoms with E-state index in [4.69, 9.17) is 14.2 Å². The van der Waals surface area contributed by atoms with Gasteiger partial charge in [0.15, 0.2) is 12.1 Å². The number of carbonyl (C=O) groups is 2. The summed E-state index contributed by atoms with van der Waals surface area (Å²) in [5.74, 6) is -3.28. The summed E-state index contributed by atoms with van der Waals surface area (Å²) in [4.78, 5) is 26.7. The van der Waals surface area contributed by atoms with E-state index in [9.17, 15) is 35.1 Å². The minimum Gasteiger partial charge on any atom is -0.456 e. The van der Waals surface area contributed by atoms with E-state index in [0.29, 0.717) is 13.0 Å². The molecule has 0 radical (unpaired) electrons. The van der Waals surface area contributed by atoms with E-state index in [0.717, 1.165) is 5.56 Å². The van der Waals surface area contributed by atoms with Crippen LogP contribution in [-0.2, 0) is 23.8 Å². The molecule has 0 bridgehead atoms. The summed E-state index contributed by atoms with van der Waals surface area (Å²) in [7, 11) is 0. The van der Waals surface area contributed by atoms with E-state index in [-0.39, 0.29) is 6.42 Å². The monoisotopic (exact) mass is 546 g/mol. The number of hydrogen-bond acceptors (Lipinski definition) is 10. The molecule has 11 atom stereocenters. The molecular formula is C29H38O10. The molecule has 39 heavy (non-hydrogen) atoms. The summed E-state index contributed by atoms with van der Waals surface area (Å²) in [6.45, 7) is 4.40. The van der Waals surface area contributed by atoms with E-state index in [1.807, 2.05) is 30.3 Å². The highest BCUT2D eigenvalue weighted by Crippen LogP contribution is 2.65. The largest absolute Gasteiger partial charge is 0.456 e. The first-order valence-electron chi connectivity index (χ1n) is 13.5. The van der Waals surface area contributed by atoms with Gasteiger partial charge in [0.1, 0.15) is 23.9 Å². The number of benzene rings is 1. The second-order valence-corrected chi connectivity index (χ2v) is 12.2.